The molecule has 0 unspecified atom stereocenters. The summed E-state index contributed by atoms with van der Waals surface area (Å²) in [4.78, 5) is 13.3. The van der Waals surface area contributed by atoms with Gasteiger partial charge in [-0.25, -0.2) is 0 Å². The van der Waals surface area contributed by atoms with E-state index in [0.717, 1.165) is 39.0 Å². The van der Waals surface area contributed by atoms with Crippen molar-refractivity contribution in [2.24, 2.45) is 5.92 Å². The van der Waals surface area contributed by atoms with Gasteiger partial charge in [0.2, 0.25) is 5.91 Å². The topological polar surface area (TPSA) is 52.6 Å². The number of aromatic hydroxyl groups is 1. The van der Waals surface area contributed by atoms with Crippen LogP contribution in [0.3, 0.4) is 0 Å². The highest BCUT2D eigenvalue weighted by Crippen LogP contribution is 2.19. The highest BCUT2D eigenvalue weighted by molar-refractivity contribution is 5.72. The SMILES string of the molecule is CC(=O)NCC1CCN(Cc2ccc(O)cc2)CC1. The van der Waals surface area contributed by atoms with Gasteiger partial charge in [0.1, 0.15) is 5.75 Å². The molecular formula is C15H22N2O2. The van der Waals surface area contributed by atoms with E-state index >= 15 is 0 Å². The minimum atomic E-state index is 0.0616. The molecule has 0 radical (unpaired) electrons. The molecule has 4 nitrogen and oxygen atoms in total. The van der Waals surface area contributed by atoms with E-state index < -0.39 is 0 Å². The average Bonchev–Trinajstić information content (AvgIpc) is 2.40. The van der Waals surface area contributed by atoms with E-state index in [2.05, 4.69) is 10.2 Å². The van der Waals surface area contributed by atoms with Crippen LogP contribution in [-0.2, 0) is 11.3 Å². The number of carbonyl (C=O) groups excluding carboxylic acids is 1. The number of piperidine rings is 1. The zero-order valence-corrected chi connectivity index (χ0v) is 11.4. The highest BCUT2D eigenvalue weighted by atomic mass is 16.3. The van der Waals surface area contributed by atoms with Crippen molar-refractivity contribution in [3.63, 3.8) is 0 Å². The Bertz CT molecular complexity index is 409. The molecule has 0 atom stereocenters. The number of likely N-dealkylation sites (tertiary alicyclic amines) is 1. The van der Waals surface area contributed by atoms with E-state index in [1.165, 1.54) is 5.56 Å². The van der Waals surface area contributed by atoms with Gasteiger partial charge in [0.15, 0.2) is 0 Å². The Morgan fingerprint density at radius 1 is 1.32 bits per heavy atom. The molecule has 1 amide bonds. The smallest absolute Gasteiger partial charge is 0.216 e. The average molecular weight is 262 g/mol. The summed E-state index contributed by atoms with van der Waals surface area (Å²) >= 11 is 0. The maximum Gasteiger partial charge on any atom is 0.216 e. The van der Waals surface area contributed by atoms with Crippen molar-refractivity contribution in [3.8, 4) is 5.75 Å². The molecule has 4 heteroatoms. The predicted molar refractivity (Wildman–Crippen MR) is 74.8 cm³/mol. The van der Waals surface area contributed by atoms with E-state index in [-0.39, 0.29) is 5.91 Å². The monoisotopic (exact) mass is 262 g/mol. The predicted octanol–water partition coefficient (Wildman–Crippen LogP) is 1.74. The number of nitrogens with zero attached hydrogens (tertiary/aromatic N) is 1. The van der Waals surface area contributed by atoms with E-state index in [1.807, 2.05) is 12.1 Å². The Hall–Kier alpha value is -1.55. The van der Waals surface area contributed by atoms with E-state index in [1.54, 1.807) is 19.1 Å². The number of rotatable bonds is 4. The summed E-state index contributed by atoms with van der Waals surface area (Å²) in [5, 5.41) is 12.2. The molecule has 0 spiro atoms. The van der Waals surface area contributed by atoms with Crippen molar-refractivity contribution in [1.82, 2.24) is 10.2 Å². The second-order valence-corrected chi connectivity index (χ2v) is 5.32. The number of benzene rings is 1. The van der Waals surface area contributed by atoms with Gasteiger partial charge in [0, 0.05) is 20.0 Å². The Kier molecular flexibility index (Phi) is 4.80. The molecule has 1 aliphatic heterocycles. The number of hydrogen-bond donors (Lipinski definition) is 2. The zero-order valence-electron chi connectivity index (χ0n) is 11.4. The van der Waals surface area contributed by atoms with Gasteiger partial charge >= 0.3 is 0 Å². The lowest BCUT2D eigenvalue weighted by Crippen LogP contribution is -2.37. The van der Waals surface area contributed by atoms with Crippen molar-refractivity contribution in [1.29, 1.82) is 0 Å². The maximum absolute atomic E-state index is 10.9. The van der Waals surface area contributed by atoms with Crippen LogP contribution in [0.1, 0.15) is 25.3 Å². The molecule has 1 saturated heterocycles. The van der Waals surface area contributed by atoms with Crippen molar-refractivity contribution in [3.05, 3.63) is 29.8 Å². The molecule has 1 aliphatic rings. The zero-order chi connectivity index (χ0) is 13.7. The fourth-order valence-electron chi connectivity index (χ4n) is 2.50. The first-order valence-electron chi connectivity index (χ1n) is 6.88. The summed E-state index contributed by atoms with van der Waals surface area (Å²) in [6.45, 7) is 5.46. The molecule has 2 N–H and O–H groups in total. The van der Waals surface area contributed by atoms with Gasteiger partial charge in [0.25, 0.3) is 0 Å². The van der Waals surface area contributed by atoms with Crippen molar-refractivity contribution >= 4 is 5.91 Å². The van der Waals surface area contributed by atoms with Gasteiger partial charge in [0.05, 0.1) is 0 Å². The van der Waals surface area contributed by atoms with Gasteiger partial charge in [-0.05, 0) is 49.5 Å². The first-order chi connectivity index (χ1) is 9.13. The van der Waals surface area contributed by atoms with Crippen LogP contribution in [0.2, 0.25) is 0 Å². The van der Waals surface area contributed by atoms with E-state index in [0.29, 0.717) is 11.7 Å². The summed E-state index contributed by atoms with van der Waals surface area (Å²) < 4.78 is 0. The van der Waals surface area contributed by atoms with Gasteiger partial charge in [-0.1, -0.05) is 12.1 Å². The molecule has 104 valence electrons. The third-order valence-corrected chi connectivity index (χ3v) is 3.69. The summed E-state index contributed by atoms with van der Waals surface area (Å²) in [7, 11) is 0. The number of amides is 1. The van der Waals surface area contributed by atoms with Crippen LogP contribution in [0.4, 0.5) is 0 Å². The molecule has 1 aromatic rings. The first-order valence-corrected chi connectivity index (χ1v) is 6.88. The maximum atomic E-state index is 10.9. The number of hydrogen-bond acceptors (Lipinski definition) is 3. The second kappa shape index (κ2) is 6.57. The molecule has 19 heavy (non-hydrogen) atoms. The van der Waals surface area contributed by atoms with Crippen LogP contribution in [0.15, 0.2) is 24.3 Å². The third-order valence-electron chi connectivity index (χ3n) is 3.69. The molecule has 1 heterocycles. The van der Waals surface area contributed by atoms with Crippen LogP contribution in [0, 0.1) is 5.92 Å². The summed E-state index contributed by atoms with van der Waals surface area (Å²) in [6, 6.07) is 7.41. The molecule has 0 bridgehead atoms. The molecule has 1 fully saturated rings. The molecule has 0 aromatic heterocycles. The standard InChI is InChI=1S/C15H22N2O2/c1-12(18)16-10-13-6-8-17(9-7-13)11-14-2-4-15(19)5-3-14/h2-5,13,19H,6-11H2,1H3,(H,16,18). The Morgan fingerprint density at radius 2 is 1.95 bits per heavy atom. The van der Waals surface area contributed by atoms with Crippen LogP contribution >= 0.6 is 0 Å². The van der Waals surface area contributed by atoms with Gasteiger partial charge in [-0.3, -0.25) is 9.69 Å². The lowest BCUT2D eigenvalue weighted by atomic mass is 9.96. The number of nitrogens with one attached hydrogen (secondary N) is 1. The number of phenols is 1. The van der Waals surface area contributed by atoms with Crippen LogP contribution in [-0.4, -0.2) is 35.5 Å². The first kappa shape index (κ1) is 13.9. The molecule has 0 saturated carbocycles. The van der Waals surface area contributed by atoms with Crippen LogP contribution in [0.5, 0.6) is 5.75 Å². The molecule has 0 aliphatic carbocycles. The fraction of sp³-hybridized carbons (Fsp3) is 0.533. The Labute approximate surface area is 114 Å². The minimum Gasteiger partial charge on any atom is -0.508 e. The third kappa shape index (κ3) is 4.56. The fourth-order valence-corrected chi connectivity index (χ4v) is 2.50. The van der Waals surface area contributed by atoms with Crippen molar-refractivity contribution < 1.29 is 9.90 Å². The van der Waals surface area contributed by atoms with E-state index in [4.69, 9.17) is 0 Å². The van der Waals surface area contributed by atoms with E-state index in [9.17, 15) is 9.90 Å². The lowest BCUT2D eigenvalue weighted by Gasteiger charge is -2.32. The van der Waals surface area contributed by atoms with Gasteiger partial charge < -0.3 is 10.4 Å². The molecular weight excluding hydrogens is 240 g/mol. The van der Waals surface area contributed by atoms with Crippen LogP contribution in [0.25, 0.3) is 0 Å². The highest BCUT2D eigenvalue weighted by Gasteiger charge is 2.19. The quantitative estimate of drug-likeness (QED) is 0.869. The largest absolute Gasteiger partial charge is 0.508 e. The summed E-state index contributed by atoms with van der Waals surface area (Å²) in [6.07, 6.45) is 2.27. The van der Waals surface area contributed by atoms with Crippen molar-refractivity contribution in [2.75, 3.05) is 19.6 Å². The lowest BCUT2D eigenvalue weighted by molar-refractivity contribution is -0.119. The van der Waals surface area contributed by atoms with Gasteiger partial charge in [-0.2, -0.15) is 0 Å². The Balaban J connectivity index is 1.74. The second-order valence-electron chi connectivity index (χ2n) is 5.32. The van der Waals surface area contributed by atoms with Crippen LogP contribution < -0.4 is 5.32 Å². The summed E-state index contributed by atoms with van der Waals surface area (Å²) in [5.74, 6) is 0.990. The minimum absolute atomic E-state index is 0.0616. The Morgan fingerprint density at radius 3 is 2.53 bits per heavy atom. The normalized spacial score (nSPS) is 17.3. The molecule has 1 aromatic carbocycles. The number of carbonyl (C=O) groups is 1. The number of phenolic OH excluding ortho intramolecular Hbond substituents is 1. The molecule has 2 rings (SSSR count). The van der Waals surface area contributed by atoms with Gasteiger partial charge in [-0.15, -0.1) is 0 Å². The summed E-state index contributed by atoms with van der Waals surface area (Å²) in [5.41, 5.74) is 1.23. The van der Waals surface area contributed by atoms with Crippen molar-refractivity contribution in [2.45, 2.75) is 26.3 Å².